The molecule has 0 spiro atoms. The van der Waals surface area contributed by atoms with Crippen molar-refractivity contribution in [3.63, 3.8) is 0 Å². The fourth-order valence-electron chi connectivity index (χ4n) is 2.07. The number of hydrogen-bond donors (Lipinski definition) is 3. The van der Waals surface area contributed by atoms with Crippen molar-refractivity contribution in [1.82, 2.24) is 0 Å². The van der Waals surface area contributed by atoms with Gasteiger partial charge in [0.25, 0.3) is 0 Å². The summed E-state index contributed by atoms with van der Waals surface area (Å²) in [6.07, 6.45) is 0. The Hall–Kier alpha value is -2.29. The molecule has 25 heavy (non-hydrogen) atoms. The van der Waals surface area contributed by atoms with Crippen molar-refractivity contribution < 1.29 is 17.9 Å². The smallest absolute Gasteiger partial charge is 0.246 e. The van der Waals surface area contributed by atoms with E-state index in [2.05, 4.69) is 10.6 Å². The van der Waals surface area contributed by atoms with Crippen molar-refractivity contribution in [3.05, 3.63) is 47.5 Å². The van der Waals surface area contributed by atoms with E-state index < -0.39 is 16.1 Å². The fourth-order valence-corrected chi connectivity index (χ4v) is 2.76. The largest absolute Gasteiger partial charge is 0.495 e. The molecule has 0 unspecified atom stereocenters. The van der Waals surface area contributed by atoms with Gasteiger partial charge in [0.05, 0.1) is 17.7 Å². The second-order valence-corrected chi connectivity index (χ2v) is 7.27. The topological polar surface area (TPSA) is 111 Å². The fraction of sp³-hybridized carbons (Fsp3) is 0.188. The summed E-state index contributed by atoms with van der Waals surface area (Å²) in [5, 5.41) is 11.2. The molecule has 134 valence electrons. The molecular formula is C16H18ClN3O4S. The predicted octanol–water partition coefficient (Wildman–Crippen LogP) is 2.44. The van der Waals surface area contributed by atoms with E-state index in [4.69, 9.17) is 21.5 Å². The van der Waals surface area contributed by atoms with Gasteiger partial charge in [-0.25, -0.2) is 13.6 Å². The van der Waals surface area contributed by atoms with Crippen LogP contribution in [0.5, 0.6) is 5.75 Å². The summed E-state index contributed by atoms with van der Waals surface area (Å²) in [6.45, 7) is 1.67. The summed E-state index contributed by atoms with van der Waals surface area (Å²) in [7, 11) is -2.25. The number of benzene rings is 2. The number of halogens is 1. The zero-order chi connectivity index (χ0) is 18.6. The minimum atomic E-state index is -3.77. The molecule has 4 N–H and O–H groups in total. The number of nitrogens with two attached hydrogens (primary N) is 1. The van der Waals surface area contributed by atoms with Crippen molar-refractivity contribution in [1.29, 1.82) is 0 Å². The first-order valence-corrected chi connectivity index (χ1v) is 9.17. The molecule has 0 saturated heterocycles. The minimum Gasteiger partial charge on any atom is -0.495 e. The molecule has 0 saturated carbocycles. The number of methoxy groups -OCH3 is 1. The standard InChI is InChI=1S/C16H18ClN3O4S/c1-10(19-14-9-11(17)3-8-15(14)24-2)16(21)20-12-4-6-13(7-5-12)25(18,22)23/h3-10,19H,1-2H3,(H,20,21)(H2,18,22,23)/t10-/m0/s1. The summed E-state index contributed by atoms with van der Waals surface area (Å²) < 4.78 is 27.7. The average molecular weight is 384 g/mol. The van der Waals surface area contributed by atoms with Crippen LogP contribution in [-0.2, 0) is 14.8 Å². The van der Waals surface area contributed by atoms with Crippen LogP contribution in [0.1, 0.15) is 6.92 Å². The Morgan fingerprint density at radius 1 is 1.20 bits per heavy atom. The lowest BCUT2D eigenvalue weighted by molar-refractivity contribution is -0.116. The number of ether oxygens (including phenoxy) is 1. The van der Waals surface area contributed by atoms with Crippen LogP contribution in [0.25, 0.3) is 0 Å². The predicted molar refractivity (Wildman–Crippen MR) is 97.5 cm³/mol. The van der Waals surface area contributed by atoms with E-state index in [0.717, 1.165) is 0 Å². The third-order valence-electron chi connectivity index (χ3n) is 3.38. The maximum atomic E-state index is 12.3. The summed E-state index contributed by atoms with van der Waals surface area (Å²) in [5.41, 5.74) is 1.03. The molecule has 9 heteroatoms. The van der Waals surface area contributed by atoms with Gasteiger partial charge in [-0.15, -0.1) is 0 Å². The van der Waals surface area contributed by atoms with Crippen LogP contribution in [0, 0.1) is 0 Å². The number of hydrogen-bond acceptors (Lipinski definition) is 5. The number of anilines is 2. The first-order chi connectivity index (χ1) is 11.7. The maximum absolute atomic E-state index is 12.3. The van der Waals surface area contributed by atoms with Crippen LogP contribution >= 0.6 is 11.6 Å². The van der Waals surface area contributed by atoms with Gasteiger partial charge in [-0.1, -0.05) is 11.6 Å². The number of sulfonamides is 1. The Morgan fingerprint density at radius 3 is 2.40 bits per heavy atom. The highest BCUT2D eigenvalue weighted by Crippen LogP contribution is 2.28. The van der Waals surface area contributed by atoms with E-state index in [-0.39, 0.29) is 10.8 Å². The number of nitrogens with one attached hydrogen (secondary N) is 2. The Morgan fingerprint density at radius 2 is 1.84 bits per heavy atom. The highest BCUT2D eigenvalue weighted by Gasteiger charge is 2.16. The van der Waals surface area contributed by atoms with Crippen molar-refractivity contribution in [2.75, 3.05) is 17.7 Å². The molecule has 0 aliphatic carbocycles. The summed E-state index contributed by atoms with van der Waals surface area (Å²) in [6, 6.07) is 10.0. The molecule has 7 nitrogen and oxygen atoms in total. The van der Waals surface area contributed by atoms with Gasteiger partial charge in [0.15, 0.2) is 0 Å². The van der Waals surface area contributed by atoms with E-state index in [1.807, 2.05) is 0 Å². The molecule has 0 aromatic heterocycles. The molecule has 0 fully saturated rings. The van der Waals surface area contributed by atoms with Gasteiger partial charge in [0.2, 0.25) is 15.9 Å². The molecule has 0 aliphatic heterocycles. The van der Waals surface area contributed by atoms with Gasteiger partial charge in [0, 0.05) is 10.7 Å². The van der Waals surface area contributed by atoms with Crippen molar-refractivity contribution in [2.24, 2.45) is 5.14 Å². The van der Waals surface area contributed by atoms with Gasteiger partial charge < -0.3 is 15.4 Å². The third kappa shape index (κ3) is 5.09. The van der Waals surface area contributed by atoms with Crippen LogP contribution in [0.2, 0.25) is 5.02 Å². The number of carbonyl (C=O) groups excluding carboxylic acids is 1. The van der Waals surface area contributed by atoms with Gasteiger partial charge >= 0.3 is 0 Å². The zero-order valence-corrected chi connectivity index (χ0v) is 15.2. The highest BCUT2D eigenvalue weighted by molar-refractivity contribution is 7.89. The second-order valence-electron chi connectivity index (χ2n) is 5.27. The van der Waals surface area contributed by atoms with E-state index in [0.29, 0.717) is 22.1 Å². The van der Waals surface area contributed by atoms with Crippen LogP contribution in [0.4, 0.5) is 11.4 Å². The summed E-state index contributed by atoms with van der Waals surface area (Å²) >= 11 is 5.96. The van der Waals surface area contributed by atoms with Gasteiger partial charge in [-0.2, -0.15) is 0 Å². The Balaban J connectivity index is 2.07. The molecule has 0 bridgehead atoms. The van der Waals surface area contributed by atoms with E-state index in [9.17, 15) is 13.2 Å². The van der Waals surface area contributed by atoms with Gasteiger partial charge in [-0.3, -0.25) is 4.79 Å². The number of carbonyl (C=O) groups is 1. The first kappa shape index (κ1) is 19.0. The van der Waals surface area contributed by atoms with Crippen molar-refractivity contribution >= 4 is 38.9 Å². The summed E-state index contributed by atoms with van der Waals surface area (Å²) in [4.78, 5) is 12.3. The van der Waals surface area contributed by atoms with E-state index >= 15 is 0 Å². The number of rotatable bonds is 6. The molecule has 2 aromatic rings. The SMILES string of the molecule is COc1ccc(Cl)cc1N[C@@H](C)C(=O)Nc1ccc(S(N)(=O)=O)cc1. The van der Waals surface area contributed by atoms with Crippen molar-refractivity contribution in [2.45, 2.75) is 17.9 Å². The van der Waals surface area contributed by atoms with Crippen LogP contribution < -0.4 is 20.5 Å². The molecule has 2 rings (SSSR count). The van der Waals surface area contributed by atoms with E-state index in [1.165, 1.54) is 31.4 Å². The lowest BCUT2D eigenvalue weighted by atomic mass is 10.2. The zero-order valence-electron chi connectivity index (χ0n) is 13.6. The van der Waals surface area contributed by atoms with Gasteiger partial charge in [0.1, 0.15) is 11.8 Å². The summed E-state index contributed by atoms with van der Waals surface area (Å²) in [5.74, 6) is 0.243. The van der Waals surface area contributed by atoms with Crippen LogP contribution in [0.15, 0.2) is 47.4 Å². The molecule has 1 amide bonds. The Bertz CT molecular complexity index is 869. The maximum Gasteiger partial charge on any atom is 0.246 e. The number of primary sulfonamides is 1. The average Bonchev–Trinajstić information content (AvgIpc) is 2.54. The normalized spacial score (nSPS) is 12.3. The monoisotopic (exact) mass is 383 g/mol. The molecule has 0 radical (unpaired) electrons. The molecule has 0 aliphatic rings. The first-order valence-electron chi connectivity index (χ1n) is 7.24. The lowest BCUT2D eigenvalue weighted by Crippen LogP contribution is -2.32. The van der Waals surface area contributed by atoms with Crippen LogP contribution in [0.3, 0.4) is 0 Å². The molecular weight excluding hydrogens is 366 g/mol. The third-order valence-corrected chi connectivity index (χ3v) is 4.54. The molecule has 1 atom stereocenters. The lowest BCUT2D eigenvalue weighted by Gasteiger charge is -2.17. The Kier molecular flexibility index (Phi) is 5.89. The highest BCUT2D eigenvalue weighted by atomic mass is 35.5. The second kappa shape index (κ2) is 7.73. The number of amides is 1. The quantitative estimate of drug-likeness (QED) is 0.709. The van der Waals surface area contributed by atoms with E-state index in [1.54, 1.807) is 25.1 Å². The Labute approximate surface area is 151 Å². The van der Waals surface area contributed by atoms with Gasteiger partial charge in [-0.05, 0) is 49.4 Å². The minimum absolute atomic E-state index is 0.0275. The molecule has 2 aromatic carbocycles. The molecule has 0 heterocycles. The van der Waals surface area contributed by atoms with Crippen molar-refractivity contribution in [3.8, 4) is 5.75 Å². The van der Waals surface area contributed by atoms with Crippen LogP contribution in [-0.4, -0.2) is 27.5 Å².